The first kappa shape index (κ1) is 17.8. The van der Waals surface area contributed by atoms with Crippen LogP contribution in [0.1, 0.15) is 0 Å². The predicted molar refractivity (Wildman–Crippen MR) is 109 cm³/mol. The van der Waals surface area contributed by atoms with Gasteiger partial charge in [-0.2, -0.15) is 48.5 Å². The van der Waals surface area contributed by atoms with E-state index in [1.54, 1.807) is 0 Å². The summed E-state index contributed by atoms with van der Waals surface area (Å²) in [6, 6.07) is 35.1. The van der Waals surface area contributed by atoms with E-state index in [9.17, 15) is 0 Å². The number of hydrogen-bond donors (Lipinski definition) is 2. The molecule has 6 aromatic rings. The van der Waals surface area contributed by atoms with Gasteiger partial charge >= 0.3 is 26.2 Å². The molecule has 0 amide bonds. The normalized spacial score (nSPS) is 10.7. The number of benzene rings is 4. The fourth-order valence-corrected chi connectivity index (χ4v) is 3.45. The Morgan fingerprint density at radius 1 is 0.481 bits per heavy atom. The summed E-state index contributed by atoms with van der Waals surface area (Å²) in [5, 5.41) is 5.04. The maximum absolute atomic E-state index is 3.32. The Morgan fingerprint density at radius 2 is 0.889 bits per heavy atom. The minimum Gasteiger partial charge on any atom is -0.378 e. The van der Waals surface area contributed by atoms with Crippen LogP contribution in [0.4, 0.5) is 0 Å². The number of hydrogen-bond acceptors (Lipinski definition) is 0. The molecule has 0 fully saturated rings. The molecule has 2 heterocycles. The van der Waals surface area contributed by atoms with Crippen LogP contribution in [0.2, 0.25) is 0 Å². The molecule has 4 aromatic carbocycles. The third-order valence-electron chi connectivity index (χ3n) is 4.67. The van der Waals surface area contributed by atoms with Crippen LogP contribution in [-0.2, 0) is 26.2 Å². The smallest absolute Gasteiger partial charge is 0.378 e. The minimum absolute atomic E-state index is 0. The van der Waals surface area contributed by atoms with Crippen molar-refractivity contribution in [1.29, 1.82) is 0 Å². The number of rotatable bonds is 0. The molecule has 2 aromatic heterocycles. The van der Waals surface area contributed by atoms with Gasteiger partial charge in [-0.15, -0.1) is 10.8 Å². The van der Waals surface area contributed by atoms with E-state index in [1.165, 1.54) is 32.6 Å². The summed E-state index contributed by atoms with van der Waals surface area (Å²) in [6.45, 7) is 0. The van der Waals surface area contributed by atoms with Crippen LogP contribution in [0.5, 0.6) is 0 Å². The Kier molecular flexibility index (Phi) is 4.96. The molecule has 0 spiro atoms. The second-order valence-corrected chi connectivity index (χ2v) is 6.26. The molecule has 6 rings (SSSR count). The summed E-state index contributed by atoms with van der Waals surface area (Å²) in [5.74, 6) is 0. The van der Waals surface area contributed by atoms with E-state index < -0.39 is 0 Å². The van der Waals surface area contributed by atoms with Crippen LogP contribution in [0.3, 0.4) is 0 Å². The summed E-state index contributed by atoms with van der Waals surface area (Å²) < 4.78 is 0. The van der Waals surface area contributed by atoms with Gasteiger partial charge in [0, 0.05) is 11.0 Å². The maximum Gasteiger partial charge on any atom is 2.00 e. The average Bonchev–Trinajstić information content (AvgIpc) is 3.27. The van der Waals surface area contributed by atoms with Crippen molar-refractivity contribution in [3.63, 3.8) is 0 Å². The zero-order valence-electron chi connectivity index (χ0n) is 14.6. The standard InChI is InChI=1S/2C12H8N.Zr/c2*1-3-7-11-9(5-1)10-6-2-4-8-12(10)13-11;/h2*1-7,13H;/q2*-1;+2. The number of nitrogens with one attached hydrogen (secondary N) is 2. The molecule has 3 heteroatoms. The Bertz CT molecular complexity index is 1140. The molecule has 126 valence electrons. The van der Waals surface area contributed by atoms with Crippen molar-refractivity contribution in [1.82, 2.24) is 9.97 Å². The number of aromatic nitrogens is 2. The van der Waals surface area contributed by atoms with Gasteiger partial charge in [0.05, 0.1) is 0 Å². The van der Waals surface area contributed by atoms with E-state index in [2.05, 4.69) is 70.6 Å². The van der Waals surface area contributed by atoms with Crippen molar-refractivity contribution in [2.45, 2.75) is 0 Å². The Balaban J connectivity index is 0.000000129. The molecular formula is C24H16N2Zr. The van der Waals surface area contributed by atoms with Crippen molar-refractivity contribution < 1.29 is 26.2 Å². The van der Waals surface area contributed by atoms with Crippen LogP contribution in [0, 0.1) is 12.1 Å². The van der Waals surface area contributed by atoms with Crippen LogP contribution in [-0.4, -0.2) is 9.97 Å². The molecule has 0 saturated heterocycles. The third kappa shape index (κ3) is 3.24. The van der Waals surface area contributed by atoms with Gasteiger partial charge in [0.15, 0.2) is 0 Å². The number of fused-ring (bicyclic) bond motifs is 6. The van der Waals surface area contributed by atoms with Crippen LogP contribution >= 0.6 is 0 Å². The quantitative estimate of drug-likeness (QED) is 0.271. The van der Waals surface area contributed by atoms with E-state index in [1.807, 2.05) is 36.4 Å². The predicted octanol–water partition coefficient (Wildman–Crippen LogP) is 6.24. The van der Waals surface area contributed by atoms with Gasteiger partial charge in [0.2, 0.25) is 0 Å². The molecule has 0 aliphatic carbocycles. The summed E-state index contributed by atoms with van der Waals surface area (Å²) in [7, 11) is 0. The summed E-state index contributed by atoms with van der Waals surface area (Å²) in [5.41, 5.74) is 4.53. The van der Waals surface area contributed by atoms with Crippen molar-refractivity contribution in [2.75, 3.05) is 0 Å². The van der Waals surface area contributed by atoms with Gasteiger partial charge in [-0.3, -0.25) is 0 Å². The molecule has 27 heavy (non-hydrogen) atoms. The Morgan fingerprint density at radius 3 is 1.37 bits per heavy atom. The molecule has 0 atom stereocenters. The van der Waals surface area contributed by atoms with Crippen LogP contribution in [0.25, 0.3) is 43.6 Å². The van der Waals surface area contributed by atoms with Crippen LogP contribution < -0.4 is 0 Å². The average molecular weight is 424 g/mol. The van der Waals surface area contributed by atoms with E-state index >= 15 is 0 Å². The SMILES string of the molecule is [Zr+2].[c-]1cccc2c1[nH]c1ccccc12.[c-]1cccc2c1[nH]c1ccccc12. The molecule has 0 saturated carbocycles. The van der Waals surface area contributed by atoms with E-state index in [-0.39, 0.29) is 26.2 Å². The first-order valence-electron chi connectivity index (χ1n) is 8.64. The van der Waals surface area contributed by atoms with Gasteiger partial charge < -0.3 is 9.97 Å². The van der Waals surface area contributed by atoms with Gasteiger partial charge in [-0.05, 0) is 22.9 Å². The molecule has 0 aliphatic heterocycles. The monoisotopic (exact) mass is 422 g/mol. The molecule has 0 bridgehead atoms. The van der Waals surface area contributed by atoms with Crippen molar-refractivity contribution in [2.24, 2.45) is 0 Å². The number of aromatic amines is 2. The molecule has 0 aliphatic rings. The second kappa shape index (κ2) is 7.54. The first-order valence-corrected chi connectivity index (χ1v) is 8.64. The fourth-order valence-electron chi connectivity index (χ4n) is 3.45. The van der Waals surface area contributed by atoms with Gasteiger partial charge in [0.25, 0.3) is 0 Å². The third-order valence-corrected chi connectivity index (χ3v) is 4.67. The summed E-state index contributed by atoms with van der Waals surface area (Å²) in [6.07, 6.45) is 0. The van der Waals surface area contributed by atoms with Crippen LogP contribution in [0.15, 0.2) is 84.9 Å². The topological polar surface area (TPSA) is 31.6 Å². The zero-order chi connectivity index (χ0) is 17.3. The summed E-state index contributed by atoms with van der Waals surface area (Å²) >= 11 is 0. The Hall–Kier alpha value is -2.64. The van der Waals surface area contributed by atoms with Crippen molar-refractivity contribution in [3.05, 3.63) is 97.1 Å². The van der Waals surface area contributed by atoms with Gasteiger partial charge in [-0.1, -0.05) is 47.4 Å². The molecule has 2 N–H and O–H groups in total. The molecule has 2 nitrogen and oxygen atoms in total. The first-order chi connectivity index (χ1) is 12.9. The second-order valence-electron chi connectivity index (χ2n) is 6.26. The minimum atomic E-state index is 0. The zero-order valence-corrected chi connectivity index (χ0v) is 17.0. The van der Waals surface area contributed by atoms with Crippen molar-refractivity contribution >= 4 is 43.6 Å². The fraction of sp³-hybridized carbons (Fsp3) is 0. The largest absolute Gasteiger partial charge is 2.00 e. The van der Waals surface area contributed by atoms with E-state index in [0.29, 0.717) is 0 Å². The molecule has 0 radical (unpaired) electrons. The number of H-pyrrole nitrogens is 2. The van der Waals surface area contributed by atoms with Crippen molar-refractivity contribution in [3.8, 4) is 0 Å². The van der Waals surface area contributed by atoms with Gasteiger partial charge in [-0.25, -0.2) is 0 Å². The van der Waals surface area contributed by atoms with E-state index in [0.717, 1.165) is 11.0 Å². The molecule has 0 unspecified atom stereocenters. The van der Waals surface area contributed by atoms with E-state index in [4.69, 9.17) is 0 Å². The maximum atomic E-state index is 3.32. The van der Waals surface area contributed by atoms with Gasteiger partial charge in [0.1, 0.15) is 0 Å². The Labute approximate surface area is 176 Å². The molecular weight excluding hydrogens is 408 g/mol. The number of para-hydroxylation sites is 4. The summed E-state index contributed by atoms with van der Waals surface area (Å²) in [4.78, 5) is 6.64.